The van der Waals surface area contributed by atoms with E-state index in [1.54, 1.807) is 32.0 Å². The minimum Gasteiger partial charge on any atom is -0.480 e. The lowest BCUT2D eigenvalue weighted by Gasteiger charge is -2.27. The number of para-hydroxylation sites is 1. The van der Waals surface area contributed by atoms with Gasteiger partial charge in [0.2, 0.25) is 6.79 Å². The van der Waals surface area contributed by atoms with Crippen LogP contribution in [0.3, 0.4) is 0 Å². The van der Waals surface area contributed by atoms with Crippen LogP contribution >= 0.6 is 7.75 Å². The van der Waals surface area contributed by atoms with Crippen LogP contribution in [0.25, 0.3) is 0 Å². The zero-order valence-electron chi connectivity index (χ0n) is 23.1. The van der Waals surface area contributed by atoms with Crippen molar-refractivity contribution in [3.8, 4) is 5.75 Å². The maximum Gasteiger partial charge on any atom is 0.510 e. The van der Waals surface area contributed by atoms with Gasteiger partial charge in [0, 0.05) is 11.8 Å². The average molecular weight is 617 g/mol. The zero-order valence-corrected chi connectivity index (χ0v) is 24.0. The number of H-pyrrole nitrogens is 1. The lowest BCUT2D eigenvalue weighted by atomic mass is 9.89. The fourth-order valence-corrected chi connectivity index (χ4v) is 5.21. The molecular weight excluding hydrogens is 583 g/mol. The third-order valence-corrected chi connectivity index (χ3v) is 7.40. The molecule has 2 aromatic rings. The van der Waals surface area contributed by atoms with E-state index in [9.17, 15) is 34.3 Å². The van der Waals surface area contributed by atoms with Crippen LogP contribution in [0.5, 0.6) is 5.75 Å². The summed E-state index contributed by atoms with van der Waals surface area (Å²) in [6, 6.07) is 6.49. The average Bonchev–Trinajstić information content (AvgIpc) is 3.13. The number of aromatic nitrogens is 2. The Labute approximate surface area is 239 Å². The molecule has 1 aromatic carbocycles. The van der Waals surface area contributed by atoms with Crippen molar-refractivity contribution in [2.45, 2.75) is 63.8 Å². The van der Waals surface area contributed by atoms with Gasteiger partial charge in [-0.2, -0.15) is 5.09 Å². The van der Waals surface area contributed by atoms with Gasteiger partial charge in [-0.05, 0) is 39.8 Å². The number of carbonyl (C=O) groups excluding carboxylic acids is 1. The lowest BCUT2D eigenvalue weighted by Crippen LogP contribution is -2.43. The van der Waals surface area contributed by atoms with E-state index < -0.39 is 75.0 Å². The maximum atomic E-state index is 13.5. The van der Waals surface area contributed by atoms with E-state index in [-0.39, 0.29) is 17.1 Å². The number of aliphatic carboxylic acids is 1. The Morgan fingerprint density at radius 3 is 2.57 bits per heavy atom. The Morgan fingerprint density at radius 1 is 1.24 bits per heavy atom. The van der Waals surface area contributed by atoms with Crippen LogP contribution in [0.4, 0.5) is 10.6 Å². The summed E-state index contributed by atoms with van der Waals surface area (Å²) in [6.07, 6.45) is -4.68. The summed E-state index contributed by atoms with van der Waals surface area (Å²) < 4.78 is 39.7. The van der Waals surface area contributed by atoms with Crippen LogP contribution in [0.15, 0.2) is 41.3 Å². The number of anilines is 1. The molecule has 0 amide bonds. The number of nitrogens with one attached hydrogen (secondary N) is 3. The van der Waals surface area contributed by atoms with Gasteiger partial charge in [-0.25, -0.2) is 29.5 Å². The van der Waals surface area contributed by atoms with Crippen LogP contribution < -0.4 is 20.8 Å². The van der Waals surface area contributed by atoms with Crippen LogP contribution in [0.1, 0.15) is 39.4 Å². The predicted octanol–water partition coefficient (Wildman–Crippen LogP) is 1.45. The van der Waals surface area contributed by atoms with Gasteiger partial charge in [-0.15, -0.1) is 0 Å². The van der Waals surface area contributed by atoms with Crippen molar-refractivity contribution in [1.82, 2.24) is 15.1 Å². The number of hydrogen-bond acceptors (Lipinski definition) is 14. The summed E-state index contributed by atoms with van der Waals surface area (Å²) in [7, 11) is -4.36. The molecule has 6 atom stereocenters. The fraction of sp³-hybridized carbons (Fsp3) is 0.500. The maximum absolute atomic E-state index is 13.5. The van der Waals surface area contributed by atoms with Crippen molar-refractivity contribution in [2.24, 2.45) is 0 Å². The molecule has 17 nitrogen and oxygen atoms in total. The van der Waals surface area contributed by atoms with Gasteiger partial charge < -0.3 is 34.1 Å². The molecule has 1 aliphatic heterocycles. The fourth-order valence-electron chi connectivity index (χ4n) is 3.70. The SMILES string of the molecule is CC(C)OC(=O)OCONc1[nH]c(=O)ncc1[C@H]1O[C@H](COP(=O)(NC(C)C(=O)O)Oc2ccccc2)[C@@H](O)[C@@]1(C)O. The molecule has 1 aromatic heterocycles. The highest BCUT2D eigenvalue weighted by molar-refractivity contribution is 7.52. The zero-order chi connectivity index (χ0) is 31.1. The van der Waals surface area contributed by atoms with Gasteiger partial charge in [-0.1, -0.05) is 18.2 Å². The molecule has 0 saturated carbocycles. The summed E-state index contributed by atoms with van der Waals surface area (Å²) in [4.78, 5) is 45.8. The monoisotopic (exact) mass is 616 g/mol. The van der Waals surface area contributed by atoms with E-state index in [4.69, 9.17) is 28.1 Å². The molecule has 1 aliphatic rings. The first-order valence-electron chi connectivity index (χ1n) is 12.6. The number of aliphatic hydroxyl groups is 2. The van der Waals surface area contributed by atoms with E-state index in [1.807, 2.05) is 0 Å². The molecule has 6 N–H and O–H groups in total. The Balaban J connectivity index is 1.75. The normalized spacial score (nSPS) is 24.0. The molecule has 0 bridgehead atoms. The Morgan fingerprint density at radius 2 is 1.93 bits per heavy atom. The number of carbonyl (C=O) groups is 2. The molecule has 0 aliphatic carbocycles. The van der Waals surface area contributed by atoms with E-state index in [0.29, 0.717) is 0 Å². The number of ether oxygens (including phenoxy) is 3. The number of carboxylic acids is 1. The smallest absolute Gasteiger partial charge is 0.480 e. The van der Waals surface area contributed by atoms with Gasteiger partial charge in [0.05, 0.1) is 12.7 Å². The molecule has 2 unspecified atom stereocenters. The van der Waals surface area contributed by atoms with Crippen molar-refractivity contribution in [2.75, 3.05) is 18.9 Å². The lowest BCUT2D eigenvalue weighted by molar-refractivity contribution is -0.138. The van der Waals surface area contributed by atoms with Crippen molar-refractivity contribution in [1.29, 1.82) is 0 Å². The van der Waals surface area contributed by atoms with Crippen LogP contribution in [-0.2, 0) is 32.9 Å². The molecule has 18 heteroatoms. The number of hydrogen-bond donors (Lipinski definition) is 6. The minimum absolute atomic E-state index is 0.0206. The summed E-state index contributed by atoms with van der Waals surface area (Å²) in [5.41, 5.74) is -0.444. The molecule has 1 fully saturated rings. The highest BCUT2D eigenvalue weighted by Crippen LogP contribution is 2.48. The number of nitrogens with zero attached hydrogens (tertiary/aromatic N) is 1. The first kappa shape index (κ1) is 32.9. The molecular formula is C24H33N4O13P. The standard InChI is InChI=1S/C24H33N4O13P/c1-13(2)39-23(33)36-12-37-27-20-16(10-25-22(32)26-20)19-24(4,34)18(29)17(40-19)11-38-42(35,28-14(3)21(30)31)41-15-8-6-5-7-9-15/h5-10,13-14,17-19,29,34H,11-12H2,1-4H3,(H,28,35)(H,30,31)(H2,25,26,27,32)/t14?,17-,18-,19-,24-,42?/m1/s1. The Bertz CT molecular complexity index is 1320. The van der Waals surface area contributed by atoms with Gasteiger partial charge in [-0.3, -0.25) is 14.3 Å². The minimum atomic E-state index is -4.36. The molecule has 0 spiro atoms. The number of aromatic amines is 1. The number of aliphatic hydroxyl groups excluding tert-OH is 1. The highest BCUT2D eigenvalue weighted by atomic mass is 31.2. The molecule has 3 rings (SSSR count). The van der Waals surface area contributed by atoms with E-state index in [2.05, 4.69) is 20.5 Å². The van der Waals surface area contributed by atoms with Crippen LogP contribution in [-0.4, -0.2) is 80.8 Å². The second-order valence-electron chi connectivity index (χ2n) is 9.56. The number of benzene rings is 1. The summed E-state index contributed by atoms with van der Waals surface area (Å²) in [5, 5.41) is 33.6. The van der Waals surface area contributed by atoms with Gasteiger partial charge in [0.15, 0.2) is 0 Å². The second kappa shape index (κ2) is 14.1. The molecule has 232 valence electrons. The topological polar surface area (TPSA) is 237 Å². The molecule has 0 radical (unpaired) electrons. The van der Waals surface area contributed by atoms with Gasteiger partial charge in [0.25, 0.3) is 0 Å². The van der Waals surface area contributed by atoms with Crippen LogP contribution in [0.2, 0.25) is 0 Å². The van der Waals surface area contributed by atoms with Crippen molar-refractivity contribution < 1.29 is 57.6 Å². The quantitative estimate of drug-likeness (QED) is 0.0579. The third-order valence-electron chi connectivity index (χ3n) is 5.76. The largest absolute Gasteiger partial charge is 0.510 e. The van der Waals surface area contributed by atoms with E-state index in [0.717, 1.165) is 6.20 Å². The Hall–Kier alpha value is -3.57. The third kappa shape index (κ3) is 8.72. The molecule has 42 heavy (non-hydrogen) atoms. The van der Waals surface area contributed by atoms with Crippen molar-refractivity contribution >= 4 is 25.7 Å². The van der Waals surface area contributed by atoms with Crippen molar-refractivity contribution in [3.63, 3.8) is 0 Å². The number of carboxylic acid groups (broad SMARTS) is 1. The second-order valence-corrected chi connectivity index (χ2v) is 11.2. The Kier molecular flexibility index (Phi) is 11.0. The van der Waals surface area contributed by atoms with Gasteiger partial charge >= 0.3 is 25.6 Å². The first-order chi connectivity index (χ1) is 19.7. The summed E-state index contributed by atoms with van der Waals surface area (Å²) >= 11 is 0. The predicted molar refractivity (Wildman–Crippen MR) is 142 cm³/mol. The summed E-state index contributed by atoms with van der Waals surface area (Å²) in [6.45, 7) is 4.46. The molecule has 2 heterocycles. The number of rotatable bonds is 14. The first-order valence-corrected chi connectivity index (χ1v) is 14.1. The summed E-state index contributed by atoms with van der Waals surface area (Å²) in [5.74, 6) is -1.37. The van der Waals surface area contributed by atoms with Gasteiger partial charge in [0.1, 0.15) is 41.5 Å². The highest BCUT2D eigenvalue weighted by Gasteiger charge is 2.54. The van der Waals surface area contributed by atoms with Crippen molar-refractivity contribution in [3.05, 3.63) is 52.6 Å². The van der Waals surface area contributed by atoms with E-state index >= 15 is 0 Å². The van der Waals surface area contributed by atoms with Crippen LogP contribution in [0, 0.1) is 0 Å². The molecule has 1 saturated heterocycles. The van der Waals surface area contributed by atoms with E-state index in [1.165, 1.54) is 26.0 Å².